The SMILES string of the molecule is CC(=O)/C=C(/C)[O-].CC(=O)/C=C(/C)[O-].CC(=O)/C=C(/C)[O-].CC(=O)/C=C(/C)[O-].O=C1/C(=C2\Nc3ccccc3C2=O)[N-]c2ccccc21.O=C1/C(=C2\Nc3ccccc3C2=O)[N-]c2ccccc21.[Ru+3].[Ru+3]. The molecule has 4 heterocycles. The van der Waals surface area contributed by atoms with Gasteiger partial charge in [-0.1, -0.05) is 112 Å². The van der Waals surface area contributed by atoms with Gasteiger partial charge in [0.25, 0.3) is 0 Å². The minimum Gasteiger partial charge on any atom is -0.876 e. The first-order valence-corrected chi connectivity index (χ1v) is 20.5. The topological polar surface area (TPSA) is 281 Å². The van der Waals surface area contributed by atoms with Gasteiger partial charge in [0.15, 0.2) is 34.7 Å². The van der Waals surface area contributed by atoms with Crippen molar-refractivity contribution in [3.05, 3.63) is 200 Å². The van der Waals surface area contributed by atoms with E-state index in [-0.39, 0.29) is 131 Å². The van der Waals surface area contributed by atoms with Gasteiger partial charge in [-0.2, -0.15) is 0 Å². The number of benzene rings is 4. The molecule has 2 N–H and O–H groups in total. The largest absolute Gasteiger partial charge is 3.00 e. The molecule has 4 aromatic carbocycles. The summed E-state index contributed by atoms with van der Waals surface area (Å²) in [5.74, 6) is -2.27. The molecule has 0 saturated heterocycles. The van der Waals surface area contributed by atoms with Crippen molar-refractivity contribution in [2.24, 2.45) is 0 Å². The van der Waals surface area contributed by atoms with Gasteiger partial charge in [-0.15, -0.1) is 34.4 Å². The number of fused-ring (bicyclic) bond motifs is 4. The van der Waals surface area contributed by atoms with Crippen molar-refractivity contribution in [1.82, 2.24) is 0 Å². The minimum absolute atomic E-state index is 0. The van der Waals surface area contributed by atoms with Gasteiger partial charge in [0.1, 0.15) is 0 Å². The second-order valence-corrected chi connectivity index (χ2v) is 14.8. The van der Waals surface area contributed by atoms with E-state index in [9.17, 15) is 58.8 Å². The quantitative estimate of drug-likeness (QED) is 0.131. The number of hydrogen-bond donors (Lipinski definition) is 2. The Balaban J connectivity index is 0.000000455. The van der Waals surface area contributed by atoms with Gasteiger partial charge >= 0.3 is 39.0 Å². The molecule has 70 heavy (non-hydrogen) atoms. The Kier molecular flexibility index (Phi) is 24.7. The number of nitrogens with zero attached hydrogens (tertiary/aromatic N) is 2. The van der Waals surface area contributed by atoms with Gasteiger partial charge < -0.3 is 41.7 Å². The molecule has 0 aromatic heterocycles. The fourth-order valence-electron chi connectivity index (χ4n) is 6.17. The van der Waals surface area contributed by atoms with Crippen LogP contribution in [-0.4, -0.2) is 46.3 Å². The number of allylic oxidation sites excluding steroid dienone is 12. The molecule has 4 aromatic rings. The third-order valence-corrected chi connectivity index (χ3v) is 8.61. The van der Waals surface area contributed by atoms with Gasteiger partial charge in [-0.3, -0.25) is 38.4 Å². The van der Waals surface area contributed by atoms with E-state index in [0.29, 0.717) is 33.6 Å². The first-order valence-electron chi connectivity index (χ1n) is 20.5. The van der Waals surface area contributed by atoms with Crippen molar-refractivity contribution in [2.45, 2.75) is 55.4 Å². The van der Waals surface area contributed by atoms with Gasteiger partial charge in [-0.25, -0.2) is 0 Å². The monoisotopic (exact) mass is 1120 g/mol. The molecule has 4 aliphatic rings. The van der Waals surface area contributed by atoms with Crippen molar-refractivity contribution >= 4 is 69.0 Å². The predicted molar refractivity (Wildman–Crippen MR) is 248 cm³/mol. The summed E-state index contributed by atoms with van der Waals surface area (Å²) in [5.41, 5.74) is 5.86. The van der Waals surface area contributed by atoms with E-state index < -0.39 is 0 Å². The van der Waals surface area contributed by atoms with Gasteiger partial charge in [0, 0.05) is 33.6 Å². The summed E-state index contributed by atoms with van der Waals surface area (Å²) in [4.78, 5) is 89.3. The Hall–Kier alpha value is -7.67. The summed E-state index contributed by atoms with van der Waals surface area (Å²) < 4.78 is 0. The molecule has 0 spiro atoms. The molecule has 362 valence electrons. The summed E-state index contributed by atoms with van der Waals surface area (Å²) in [7, 11) is 0. The zero-order valence-electron chi connectivity index (χ0n) is 39.0. The first-order chi connectivity index (χ1) is 32.0. The molecule has 0 amide bonds. The summed E-state index contributed by atoms with van der Waals surface area (Å²) in [5, 5.41) is 54.5. The van der Waals surface area contributed by atoms with Crippen LogP contribution in [0.3, 0.4) is 0 Å². The molecule has 2 radical (unpaired) electrons. The number of rotatable bonds is 4. The molecule has 0 unspecified atom stereocenters. The van der Waals surface area contributed by atoms with E-state index in [2.05, 4.69) is 21.3 Å². The zero-order chi connectivity index (χ0) is 50.8. The van der Waals surface area contributed by atoms with E-state index >= 15 is 0 Å². The molecule has 0 bridgehead atoms. The van der Waals surface area contributed by atoms with Gasteiger partial charge in [0.05, 0.1) is 11.4 Å². The Labute approximate surface area is 430 Å². The molecule has 0 atom stereocenters. The molecular formula is C52H46N4O12Ru2. The second kappa shape index (κ2) is 28.6. The summed E-state index contributed by atoms with van der Waals surface area (Å²) in [6, 6.07) is 28.6. The Morgan fingerprint density at radius 2 is 0.629 bits per heavy atom. The smallest absolute Gasteiger partial charge is 0.876 e. The summed E-state index contributed by atoms with van der Waals surface area (Å²) >= 11 is 0. The average molecular weight is 1120 g/mol. The molecule has 8 rings (SSSR count). The van der Waals surface area contributed by atoms with Crippen LogP contribution >= 0.6 is 0 Å². The van der Waals surface area contributed by atoms with Crippen molar-refractivity contribution in [3.8, 4) is 0 Å². The van der Waals surface area contributed by atoms with Gasteiger partial charge in [-0.05, 0) is 76.3 Å². The van der Waals surface area contributed by atoms with Crippen LogP contribution in [0.15, 0.2) is 167 Å². The van der Waals surface area contributed by atoms with E-state index in [4.69, 9.17) is 0 Å². The van der Waals surface area contributed by atoms with Crippen LogP contribution in [0.2, 0.25) is 0 Å². The fourth-order valence-corrected chi connectivity index (χ4v) is 6.17. The number of carbonyl (C=O) groups is 8. The van der Waals surface area contributed by atoms with Crippen molar-refractivity contribution in [1.29, 1.82) is 0 Å². The first kappa shape index (κ1) is 60.3. The van der Waals surface area contributed by atoms with Crippen LogP contribution in [0.5, 0.6) is 0 Å². The minimum atomic E-state index is -0.204. The summed E-state index contributed by atoms with van der Waals surface area (Å²) in [6.45, 7) is 10.8. The van der Waals surface area contributed by atoms with E-state index in [1.807, 2.05) is 36.4 Å². The van der Waals surface area contributed by atoms with Crippen LogP contribution < -0.4 is 31.1 Å². The van der Waals surface area contributed by atoms with Crippen LogP contribution in [0.4, 0.5) is 22.7 Å². The molecule has 0 saturated carbocycles. The van der Waals surface area contributed by atoms with Crippen molar-refractivity contribution < 1.29 is 97.7 Å². The summed E-state index contributed by atoms with van der Waals surface area (Å²) in [6.07, 6.45) is 4.22. The Morgan fingerprint density at radius 3 is 0.843 bits per heavy atom. The number of Topliss-reactive ketones (excluding diaryl/α,β-unsaturated/α-hetero) is 4. The molecule has 0 fully saturated rings. The number of nitrogens with one attached hydrogen (secondary N) is 2. The molecular weight excluding hydrogens is 1070 g/mol. The number of carbonyl (C=O) groups excluding carboxylic acids is 8. The van der Waals surface area contributed by atoms with Gasteiger partial charge in [0.2, 0.25) is 11.6 Å². The van der Waals surface area contributed by atoms with Crippen LogP contribution in [-0.2, 0) is 58.1 Å². The fraction of sp³-hybridized carbons (Fsp3) is 0.154. The van der Waals surface area contributed by atoms with Crippen molar-refractivity contribution in [3.63, 3.8) is 0 Å². The van der Waals surface area contributed by atoms with E-state index in [0.717, 1.165) is 35.7 Å². The average Bonchev–Trinajstić information content (AvgIpc) is 3.97. The van der Waals surface area contributed by atoms with Crippen molar-refractivity contribution in [2.75, 3.05) is 10.6 Å². The molecule has 16 nitrogen and oxygen atoms in total. The normalized spacial score (nSPS) is 15.7. The third kappa shape index (κ3) is 18.1. The number of hydrogen-bond acceptors (Lipinski definition) is 14. The standard InChI is InChI=1S/2C16H10N2O2.4C5H8O2.2Ru/c2*19-15-9-5-1-3-7-11(9)17-13(15)14-16(20)10-6-2-4-8-12(10)18-14;4*1-4(6)3-5(2)7;;/h2*1-8H,(H2,17,18,19,20);4*3,6H,1-2H3;;/q;;;;;;2*+3/p-6/b;;4*4-3-;;. The number of anilines is 2. The van der Waals surface area contributed by atoms with E-state index in [1.54, 1.807) is 60.7 Å². The zero-order valence-corrected chi connectivity index (χ0v) is 42.5. The van der Waals surface area contributed by atoms with Crippen LogP contribution in [0.25, 0.3) is 10.6 Å². The Bertz CT molecular complexity index is 2470. The molecule has 4 aliphatic heterocycles. The molecule has 0 aliphatic carbocycles. The molecule has 18 heteroatoms. The predicted octanol–water partition coefficient (Wildman–Crippen LogP) is 6.17. The van der Waals surface area contributed by atoms with E-state index in [1.165, 1.54) is 55.4 Å². The second-order valence-electron chi connectivity index (χ2n) is 14.8. The number of para-hydroxylation sites is 4. The Morgan fingerprint density at radius 1 is 0.386 bits per heavy atom. The van der Waals surface area contributed by atoms with Crippen LogP contribution in [0.1, 0.15) is 96.8 Å². The third-order valence-electron chi connectivity index (χ3n) is 8.61. The maximum Gasteiger partial charge on any atom is 3.00 e. The maximum absolute atomic E-state index is 12.3. The number of ketones is 8. The maximum atomic E-state index is 12.3. The van der Waals surface area contributed by atoms with Crippen LogP contribution in [0, 0.1) is 0 Å².